The molecule has 0 aromatic heterocycles. The van der Waals surface area contributed by atoms with Gasteiger partial charge in [0.25, 0.3) is 0 Å². The number of aliphatic hydroxyl groups is 2. The summed E-state index contributed by atoms with van der Waals surface area (Å²) in [7, 11) is 0. The third-order valence-corrected chi connectivity index (χ3v) is 5.23. The SMILES string of the molecule is CC(C)(O)CC(=O)C1C2CC3CC(C2)CC1(O)C3. The van der Waals surface area contributed by atoms with E-state index >= 15 is 0 Å². The van der Waals surface area contributed by atoms with E-state index in [0.29, 0.717) is 17.8 Å². The summed E-state index contributed by atoms with van der Waals surface area (Å²) in [5.74, 6) is 1.51. The maximum absolute atomic E-state index is 12.4. The number of rotatable bonds is 3. The van der Waals surface area contributed by atoms with Crippen molar-refractivity contribution >= 4 is 5.78 Å². The largest absolute Gasteiger partial charge is 0.390 e. The predicted octanol–water partition coefficient (Wildman–Crippen LogP) is 1.90. The summed E-state index contributed by atoms with van der Waals surface area (Å²) in [5.41, 5.74) is -1.71. The molecule has 4 saturated carbocycles. The van der Waals surface area contributed by atoms with Gasteiger partial charge in [0.05, 0.1) is 11.2 Å². The third-order valence-electron chi connectivity index (χ3n) is 5.23. The smallest absolute Gasteiger partial charge is 0.141 e. The van der Waals surface area contributed by atoms with Gasteiger partial charge in [-0.05, 0) is 63.7 Å². The van der Waals surface area contributed by atoms with E-state index in [0.717, 1.165) is 25.7 Å². The van der Waals surface area contributed by atoms with Crippen LogP contribution in [0, 0.1) is 23.7 Å². The minimum Gasteiger partial charge on any atom is -0.390 e. The van der Waals surface area contributed by atoms with Gasteiger partial charge in [0, 0.05) is 12.3 Å². The molecule has 4 bridgehead atoms. The number of Topliss-reactive ketones (excluding diaryl/α,β-unsaturated/α-hetero) is 1. The number of carbonyl (C=O) groups is 1. The summed E-state index contributed by atoms with van der Waals surface area (Å²) >= 11 is 0. The molecular formula is C15H24O3. The zero-order chi connectivity index (χ0) is 13.1. The van der Waals surface area contributed by atoms with E-state index in [-0.39, 0.29) is 18.1 Å². The van der Waals surface area contributed by atoms with E-state index in [9.17, 15) is 15.0 Å². The summed E-state index contributed by atoms with van der Waals surface area (Å²) in [6, 6.07) is 0. The lowest BCUT2D eigenvalue weighted by Crippen LogP contribution is -2.60. The molecule has 3 nitrogen and oxygen atoms in total. The van der Waals surface area contributed by atoms with Gasteiger partial charge < -0.3 is 10.2 Å². The highest BCUT2D eigenvalue weighted by Crippen LogP contribution is 2.58. The normalized spacial score (nSPS) is 46.4. The molecule has 0 aliphatic heterocycles. The van der Waals surface area contributed by atoms with Gasteiger partial charge in [0.1, 0.15) is 5.78 Å². The average Bonchev–Trinajstić information content (AvgIpc) is 2.09. The maximum atomic E-state index is 12.4. The number of ketones is 1. The second-order valence-electron chi connectivity index (χ2n) is 7.64. The van der Waals surface area contributed by atoms with Crippen molar-refractivity contribution < 1.29 is 15.0 Å². The molecule has 0 radical (unpaired) electrons. The first-order chi connectivity index (χ1) is 8.27. The number of hydrogen-bond acceptors (Lipinski definition) is 3. The van der Waals surface area contributed by atoms with Crippen molar-refractivity contribution in [3.8, 4) is 0 Å². The predicted molar refractivity (Wildman–Crippen MR) is 67.9 cm³/mol. The molecule has 2 N–H and O–H groups in total. The van der Waals surface area contributed by atoms with Crippen LogP contribution in [0.5, 0.6) is 0 Å². The second kappa shape index (κ2) is 3.80. The lowest BCUT2D eigenvalue weighted by atomic mass is 9.48. The van der Waals surface area contributed by atoms with Crippen LogP contribution in [0.3, 0.4) is 0 Å². The molecule has 0 heterocycles. The fraction of sp³-hybridized carbons (Fsp3) is 0.933. The summed E-state index contributed by atoms with van der Waals surface area (Å²) < 4.78 is 0. The minimum atomic E-state index is -0.956. The van der Waals surface area contributed by atoms with Crippen LogP contribution < -0.4 is 0 Å². The van der Waals surface area contributed by atoms with Crippen molar-refractivity contribution in [3.05, 3.63) is 0 Å². The third kappa shape index (κ3) is 2.01. The van der Waals surface area contributed by atoms with Gasteiger partial charge in [0.15, 0.2) is 0 Å². The molecule has 4 rings (SSSR count). The highest BCUT2D eigenvalue weighted by Gasteiger charge is 2.58. The van der Waals surface area contributed by atoms with E-state index in [4.69, 9.17) is 0 Å². The zero-order valence-corrected chi connectivity index (χ0v) is 11.4. The summed E-state index contributed by atoms with van der Waals surface area (Å²) in [6.45, 7) is 3.34. The summed E-state index contributed by atoms with van der Waals surface area (Å²) in [4.78, 5) is 12.4. The van der Waals surface area contributed by atoms with Crippen LogP contribution in [0.2, 0.25) is 0 Å². The molecule has 0 aromatic carbocycles. The van der Waals surface area contributed by atoms with Crippen LogP contribution in [0.1, 0.15) is 52.4 Å². The first-order valence-electron chi connectivity index (χ1n) is 7.24. The molecule has 102 valence electrons. The Balaban J connectivity index is 1.82. The molecule has 18 heavy (non-hydrogen) atoms. The maximum Gasteiger partial charge on any atom is 0.141 e. The highest BCUT2D eigenvalue weighted by molar-refractivity contribution is 5.83. The molecular weight excluding hydrogens is 228 g/mol. The topological polar surface area (TPSA) is 57.5 Å². The van der Waals surface area contributed by atoms with Gasteiger partial charge >= 0.3 is 0 Å². The van der Waals surface area contributed by atoms with E-state index in [1.54, 1.807) is 13.8 Å². The highest BCUT2D eigenvalue weighted by atomic mass is 16.3. The Bertz CT molecular complexity index is 354. The van der Waals surface area contributed by atoms with Crippen molar-refractivity contribution in [2.75, 3.05) is 0 Å². The van der Waals surface area contributed by atoms with Crippen molar-refractivity contribution in [1.82, 2.24) is 0 Å². The van der Waals surface area contributed by atoms with Gasteiger partial charge in [0.2, 0.25) is 0 Å². The van der Waals surface area contributed by atoms with E-state index < -0.39 is 11.2 Å². The van der Waals surface area contributed by atoms with Crippen molar-refractivity contribution in [1.29, 1.82) is 0 Å². The molecule has 4 aliphatic rings. The van der Waals surface area contributed by atoms with Crippen LogP contribution in [0.15, 0.2) is 0 Å². The van der Waals surface area contributed by atoms with Crippen molar-refractivity contribution in [2.24, 2.45) is 23.7 Å². The lowest BCUT2D eigenvalue weighted by Gasteiger charge is -2.58. The molecule has 0 aromatic rings. The van der Waals surface area contributed by atoms with Gasteiger partial charge in [-0.3, -0.25) is 4.79 Å². The Morgan fingerprint density at radius 3 is 2.22 bits per heavy atom. The van der Waals surface area contributed by atoms with E-state index in [2.05, 4.69) is 0 Å². The first kappa shape index (κ1) is 12.6. The van der Waals surface area contributed by atoms with Gasteiger partial charge in [-0.2, -0.15) is 0 Å². The molecule has 3 heteroatoms. The van der Waals surface area contributed by atoms with Crippen molar-refractivity contribution in [2.45, 2.75) is 63.6 Å². The molecule has 0 amide bonds. The minimum absolute atomic E-state index is 0.0776. The summed E-state index contributed by atoms with van der Waals surface area (Å²) in [6.07, 6.45) is 5.27. The molecule has 4 aliphatic carbocycles. The fourth-order valence-electron chi connectivity index (χ4n) is 5.10. The quantitative estimate of drug-likeness (QED) is 0.806. The van der Waals surface area contributed by atoms with Gasteiger partial charge in [-0.1, -0.05) is 0 Å². The molecule has 0 saturated heterocycles. The number of carbonyl (C=O) groups excluding carboxylic acids is 1. The lowest BCUT2D eigenvalue weighted by molar-refractivity contribution is -0.182. The Labute approximate surface area is 109 Å². The zero-order valence-electron chi connectivity index (χ0n) is 11.4. The van der Waals surface area contributed by atoms with Crippen LogP contribution in [-0.4, -0.2) is 27.2 Å². The monoisotopic (exact) mass is 252 g/mol. The van der Waals surface area contributed by atoms with Crippen LogP contribution >= 0.6 is 0 Å². The van der Waals surface area contributed by atoms with E-state index in [1.165, 1.54) is 6.42 Å². The van der Waals surface area contributed by atoms with E-state index in [1.807, 2.05) is 0 Å². The molecule has 4 fully saturated rings. The Morgan fingerprint density at radius 2 is 1.78 bits per heavy atom. The Kier molecular flexibility index (Phi) is 2.66. The molecule has 3 unspecified atom stereocenters. The Hall–Kier alpha value is -0.410. The second-order valence-corrected chi connectivity index (χ2v) is 7.64. The van der Waals surface area contributed by atoms with Gasteiger partial charge in [-0.15, -0.1) is 0 Å². The van der Waals surface area contributed by atoms with Crippen LogP contribution in [-0.2, 0) is 4.79 Å². The standard InChI is InChI=1S/C15H24O3/c1-14(2,17)8-12(16)13-11-4-9-3-10(5-11)7-15(13,18)6-9/h9-11,13,17-18H,3-8H2,1-2H3. The van der Waals surface area contributed by atoms with Crippen LogP contribution in [0.4, 0.5) is 0 Å². The molecule has 3 atom stereocenters. The fourth-order valence-corrected chi connectivity index (χ4v) is 5.10. The van der Waals surface area contributed by atoms with Crippen molar-refractivity contribution in [3.63, 3.8) is 0 Å². The summed E-state index contributed by atoms with van der Waals surface area (Å²) in [5, 5.41) is 20.7. The van der Waals surface area contributed by atoms with Crippen LogP contribution in [0.25, 0.3) is 0 Å². The molecule has 0 spiro atoms. The number of hydrogen-bond donors (Lipinski definition) is 2. The van der Waals surface area contributed by atoms with Gasteiger partial charge in [-0.25, -0.2) is 0 Å². The first-order valence-corrected chi connectivity index (χ1v) is 7.24. The Morgan fingerprint density at radius 1 is 1.22 bits per heavy atom. The average molecular weight is 252 g/mol.